The topological polar surface area (TPSA) is 78.9 Å². The Morgan fingerprint density at radius 1 is 1.20 bits per heavy atom. The highest BCUT2D eigenvalue weighted by molar-refractivity contribution is 5.76. The number of nitrogens with zero attached hydrogens (tertiary/aromatic N) is 1. The molecule has 1 saturated carbocycles. The SMILES string of the molecule is O=C(O)CC(NC(=O)N1CCOCC1)C1CCCCC1. The van der Waals surface area contributed by atoms with Crippen LogP contribution in [-0.4, -0.2) is 54.4 Å². The van der Waals surface area contributed by atoms with Gasteiger partial charge in [-0.1, -0.05) is 19.3 Å². The molecule has 0 aromatic carbocycles. The van der Waals surface area contributed by atoms with Crippen LogP contribution in [0.4, 0.5) is 4.79 Å². The van der Waals surface area contributed by atoms with E-state index in [1.54, 1.807) is 4.90 Å². The number of aliphatic carboxylic acids is 1. The van der Waals surface area contributed by atoms with E-state index in [1.807, 2.05) is 0 Å². The molecule has 6 nitrogen and oxygen atoms in total. The van der Waals surface area contributed by atoms with Crippen molar-refractivity contribution in [3.63, 3.8) is 0 Å². The van der Waals surface area contributed by atoms with Crippen LogP contribution in [-0.2, 0) is 9.53 Å². The van der Waals surface area contributed by atoms with E-state index in [2.05, 4.69) is 5.32 Å². The van der Waals surface area contributed by atoms with Crippen molar-refractivity contribution in [3.8, 4) is 0 Å². The Morgan fingerprint density at radius 2 is 1.85 bits per heavy atom. The highest BCUT2D eigenvalue weighted by Crippen LogP contribution is 2.28. The van der Waals surface area contributed by atoms with E-state index in [1.165, 1.54) is 6.42 Å². The molecule has 0 spiro atoms. The van der Waals surface area contributed by atoms with E-state index in [0.717, 1.165) is 25.7 Å². The molecule has 0 radical (unpaired) electrons. The van der Waals surface area contributed by atoms with E-state index < -0.39 is 5.97 Å². The van der Waals surface area contributed by atoms with Crippen LogP contribution in [0, 0.1) is 5.92 Å². The van der Waals surface area contributed by atoms with Crippen LogP contribution in [0.25, 0.3) is 0 Å². The fourth-order valence-corrected chi connectivity index (χ4v) is 3.08. The maximum Gasteiger partial charge on any atom is 0.317 e. The Kier molecular flexibility index (Phi) is 5.64. The molecule has 0 bridgehead atoms. The van der Waals surface area contributed by atoms with Crippen LogP contribution in [0.2, 0.25) is 0 Å². The van der Waals surface area contributed by atoms with Crippen molar-refractivity contribution in [2.45, 2.75) is 44.6 Å². The lowest BCUT2D eigenvalue weighted by Crippen LogP contribution is -2.51. The van der Waals surface area contributed by atoms with Gasteiger partial charge in [0.1, 0.15) is 0 Å². The average molecular weight is 284 g/mol. The number of urea groups is 1. The number of hydrogen-bond donors (Lipinski definition) is 2. The van der Waals surface area contributed by atoms with Gasteiger partial charge in [-0.3, -0.25) is 4.79 Å². The summed E-state index contributed by atoms with van der Waals surface area (Å²) in [5.74, 6) is -0.548. The fraction of sp³-hybridized carbons (Fsp3) is 0.857. The van der Waals surface area contributed by atoms with Crippen molar-refractivity contribution in [1.29, 1.82) is 0 Å². The summed E-state index contributed by atoms with van der Waals surface area (Å²) in [7, 11) is 0. The summed E-state index contributed by atoms with van der Waals surface area (Å²) in [5.41, 5.74) is 0. The summed E-state index contributed by atoms with van der Waals surface area (Å²) in [4.78, 5) is 24.9. The second-order valence-electron chi connectivity index (χ2n) is 5.65. The van der Waals surface area contributed by atoms with E-state index in [9.17, 15) is 9.59 Å². The van der Waals surface area contributed by atoms with Crippen molar-refractivity contribution in [3.05, 3.63) is 0 Å². The Labute approximate surface area is 119 Å². The molecule has 0 aromatic rings. The van der Waals surface area contributed by atoms with Crippen molar-refractivity contribution < 1.29 is 19.4 Å². The molecule has 1 atom stereocenters. The molecule has 2 aliphatic rings. The monoisotopic (exact) mass is 284 g/mol. The predicted octanol–water partition coefficient (Wildman–Crippen LogP) is 1.45. The van der Waals surface area contributed by atoms with Gasteiger partial charge in [0.25, 0.3) is 0 Å². The lowest BCUT2D eigenvalue weighted by molar-refractivity contribution is -0.137. The second-order valence-corrected chi connectivity index (χ2v) is 5.65. The quantitative estimate of drug-likeness (QED) is 0.819. The maximum absolute atomic E-state index is 12.2. The number of rotatable bonds is 4. The molecule has 114 valence electrons. The molecule has 2 rings (SSSR count). The molecule has 1 saturated heterocycles. The second kappa shape index (κ2) is 7.47. The van der Waals surface area contributed by atoms with Crippen LogP contribution in [0.5, 0.6) is 0 Å². The number of hydrogen-bond acceptors (Lipinski definition) is 3. The van der Waals surface area contributed by atoms with Crippen LogP contribution in [0.3, 0.4) is 0 Å². The zero-order valence-electron chi connectivity index (χ0n) is 11.8. The first-order chi connectivity index (χ1) is 9.66. The third-order valence-electron chi connectivity index (χ3n) is 4.22. The third-order valence-corrected chi connectivity index (χ3v) is 4.22. The number of carbonyl (C=O) groups excluding carboxylic acids is 1. The van der Waals surface area contributed by atoms with Gasteiger partial charge in [0.15, 0.2) is 0 Å². The summed E-state index contributed by atoms with van der Waals surface area (Å²) in [6.45, 7) is 2.27. The Morgan fingerprint density at radius 3 is 2.45 bits per heavy atom. The zero-order valence-corrected chi connectivity index (χ0v) is 11.8. The number of carboxylic acid groups (broad SMARTS) is 1. The van der Waals surface area contributed by atoms with Gasteiger partial charge in [0.05, 0.1) is 19.6 Å². The molecule has 1 unspecified atom stereocenters. The number of nitrogens with one attached hydrogen (secondary N) is 1. The van der Waals surface area contributed by atoms with E-state index in [-0.39, 0.29) is 18.5 Å². The summed E-state index contributed by atoms with van der Waals surface area (Å²) in [5, 5.41) is 12.0. The molecule has 2 amide bonds. The van der Waals surface area contributed by atoms with Crippen LogP contribution >= 0.6 is 0 Å². The number of carbonyl (C=O) groups is 2. The normalized spacial score (nSPS) is 22.3. The third kappa shape index (κ3) is 4.37. The molecule has 2 fully saturated rings. The van der Waals surface area contributed by atoms with Gasteiger partial charge in [-0.05, 0) is 18.8 Å². The molecular weight excluding hydrogens is 260 g/mol. The Hall–Kier alpha value is -1.30. The van der Waals surface area contributed by atoms with Gasteiger partial charge in [-0.15, -0.1) is 0 Å². The summed E-state index contributed by atoms with van der Waals surface area (Å²) in [6, 6.07) is -0.395. The summed E-state index contributed by atoms with van der Waals surface area (Å²) in [6.07, 6.45) is 5.53. The zero-order chi connectivity index (χ0) is 14.4. The maximum atomic E-state index is 12.2. The molecular formula is C14H24N2O4. The highest BCUT2D eigenvalue weighted by Gasteiger charge is 2.28. The first-order valence-electron chi connectivity index (χ1n) is 7.52. The first-order valence-corrected chi connectivity index (χ1v) is 7.52. The van der Waals surface area contributed by atoms with Gasteiger partial charge in [-0.25, -0.2) is 4.79 Å². The largest absolute Gasteiger partial charge is 0.481 e. The van der Waals surface area contributed by atoms with Crippen LogP contribution < -0.4 is 5.32 Å². The Bertz CT molecular complexity index is 336. The molecule has 2 N–H and O–H groups in total. The summed E-state index contributed by atoms with van der Waals surface area (Å²) >= 11 is 0. The minimum Gasteiger partial charge on any atom is -0.481 e. The standard InChI is InChI=1S/C14H24N2O4/c17-13(18)10-12(11-4-2-1-3-5-11)15-14(19)16-6-8-20-9-7-16/h11-12H,1-10H2,(H,15,19)(H,17,18). The van der Waals surface area contributed by atoms with E-state index >= 15 is 0 Å². The highest BCUT2D eigenvalue weighted by atomic mass is 16.5. The first kappa shape index (κ1) is 15.1. The number of amides is 2. The van der Waals surface area contributed by atoms with Gasteiger partial charge < -0.3 is 20.1 Å². The lowest BCUT2D eigenvalue weighted by Gasteiger charge is -2.33. The number of ether oxygens (including phenoxy) is 1. The fourth-order valence-electron chi connectivity index (χ4n) is 3.08. The predicted molar refractivity (Wildman–Crippen MR) is 73.5 cm³/mol. The van der Waals surface area contributed by atoms with Crippen molar-refractivity contribution >= 4 is 12.0 Å². The molecule has 1 aliphatic heterocycles. The molecule has 20 heavy (non-hydrogen) atoms. The molecule has 0 aromatic heterocycles. The van der Waals surface area contributed by atoms with Crippen molar-refractivity contribution in [2.24, 2.45) is 5.92 Å². The molecule has 1 heterocycles. The number of morpholine rings is 1. The van der Waals surface area contributed by atoms with E-state index in [4.69, 9.17) is 9.84 Å². The van der Waals surface area contributed by atoms with Gasteiger partial charge in [-0.2, -0.15) is 0 Å². The average Bonchev–Trinajstić information content (AvgIpc) is 2.48. The Balaban J connectivity index is 1.91. The van der Waals surface area contributed by atoms with Crippen LogP contribution in [0.15, 0.2) is 0 Å². The van der Waals surface area contributed by atoms with Gasteiger partial charge in [0.2, 0.25) is 0 Å². The molecule has 6 heteroatoms. The van der Waals surface area contributed by atoms with Gasteiger partial charge in [0, 0.05) is 19.1 Å². The van der Waals surface area contributed by atoms with Gasteiger partial charge >= 0.3 is 12.0 Å². The summed E-state index contributed by atoms with van der Waals surface area (Å²) < 4.78 is 5.22. The van der Waals surface area contributed by atoms with E-state index in [0.29, 0.717) is 32.2 Å². The van der Waals surface area contributed by atoms with Crippen molar-refractivity contribution in [2.75, 3.05) is 26.3 Å². The number of carboxylic acids is 1. The smallest absolute Gasteiger partial charge is 0.317 e. The van der Waals surface area contributed by atoms with Crippen LogP contribution in [0.1, 0.15) is 38.5 Å². The minimum atomic E-state index is -0.845. The van der Waals surface area contributed by atoms with Crippen molar-refractivity contribution in [1.82, 2.24) is 10.2 Å². The lowest BCUT2D eigenvalue weighted by atomic mass is 9.82. The molecule has 1 aliphatic carbocycles. The minimum absolute atomic E-state index is 0.0146.